The Morgan fingerprint density at radius 1 is 0.923 bits per heavy atom. The molecule has 39 heavy (non-hydrogen) atoms. The Kier molecular flexibility index (Phi) is 9.00. The van der Waals surface area contributed by atoms with Gasteiger partial charge in [-0.1, -0.05) is 37.6 Å². The first kappa shape index (κ1) is 30.4. The number of aryl methyl sites for hydroxylation is 1. The van der Waals surface area contributed by atoms with Gasteiger partial charge in [0, 0.05) is 24.5 Å². The van der Waals surface area contributed by atoms with Gasteiger partial charge in [0.15, 0.2) is 0 Å². The summed E-state index contributed by atoms with van der Waals surface area (Å²) in [6, 6.07) is 11.1. The van der Waals surface area contributed by atoms with Crippen molar-refractivity contribution in [3.05, 3.63) is 82.4 Å². The van der Waals surface area contributed by atoms with Crippen molar-refractivity contribution in [2.75, 3.05) is 23.1 Å². The van der Waals surface area contributed by atoms with Gasteiger partial charge < -0.3 is 5.32 Å². The Balaban J connectivity index is 1.92. The first-order valence-corrected chi connectivity index (χ1v) is 14.8. The van der Waals surface area contributed by atoms with Gasteiger partial charge in [-0.05, 0) is 61.0 Å². The van der Waals surface area contributed by atoms with E-state index in [0.717, 1.165) is 36.4 Å². The zero-order valence-electron chi connectivity index (χ0n) is 21.0. The third-order valence-electron chi connectivity index (χ3n) is 5.74. The average Bonchev–Trinajstić information content (AvgIpc) is 2.85. The summed E-state index contributed by atoms with van der Waals surface area (Å²) in [5.41, 5.74) is -0.917. The summed E-state index contributed by atoms with van der Waals surface area (Å²) in [6.07, 6.45) is -4.67. The topological polar surface area (TPSA) is 113 Å². The number of nitrogens with zero attached hydrogens (tertiary/aromatic N) is 1. The van der Waals surface area contributed by atoms with Crippen molar-refractivity contribution < 1.29 is 34.8 Å². The minimum atomic E-state index is -4.67. The fraction of sp³-hybridized carbons (Fsp3) is 0.240. The lowest BCUT2D eigenvalue weighted by atomic mass is 10.1. The maximum atomic E-state index is 13.1. The fourth-order valence-corrected chi connectivity index (χ4v) is 6.38. The SMILES string of the molecule is CCN(CC)S(=O)(=O)c1ccc(C)c(NC(=O)c2cc(S(=O)(=O)Nc3cccc(C(F)(F)F)c3)ccc2Cl)c1. The molecule has 0 heterocycles. The number of halogens is 4. The number of rotatable bonds is 9. The molecule has 0 fully saturated rings. The van der Waals surface area contributed by atoms with Gasteiger partial charge in [-0.2, -0.15) is 17.5 Å². The second-order valence-corrected chi connectivity index (χ2v) is 12.4. The number of nitrogens with one attached hydrogen (secondary N) is 2. The molecule has 0 saturated carbocycles. The molecule has 210 valence electrons. The van der Waals surface area contributed by atoms with Crippen LogP contribution in [0.1, 0.15) is 35.3 Å². The summed E-state index contributed by atoms with van der Waals surface area (Å²) >= 11 is 6.16. The number of hydrogen-bond donors (Lipinski definition) is 2. The van der Waals surface area contributed by atoms with E-state index in [4.69, 9.17) is 11.6 Å². The summed E-state index contributed by atoms with van der Waals surface area (Å²) in [5.74, 6) is -0.823. The zero-order chi connectivity index (χ0) is 29.2. The molecule has 0 aliphatic rings. The van der Waals surface area contributed by atoms with Gasteiger partial charge >= 0.3 is 6.18 Å². The lowest BCUT2D eigenvalue weighted by Gasteiger charge is -2.19. The van der Waals surface area contributed by atoms with E-state index in [1.54, 1.807) is 20.8 Å². The number of alkyl halides is 3. The van der Waals surface area contributed by atoms with Gasteiger partial charge in [0.2, 0.25) is 10.0 Å². The lowest BCUT2D eigenvalue weighted by Crippen LogP contribution is -2.30. The Morgan fingerprint density at radius 3 is 2.18 bits per heavy atom. The summed E-state index contributed by atoms with van der Waals surface area (Å²) in [5, 5.41) is 2.46. The van der Waals surface area contributed by atoms with Crippen LogP contribution in [0.4, 0.5) is 24.5 Å². The molecule has 0 bridgehead atoms. The molecule has 8 nitrogen and oxygen atoms in total. The van der Waals surface area contributed by atoms with Crippen molar-refractivity contribution in [2.24, 2.45) is 0 Å². The number of sulfonamides is 2. The van der Waals surface area contributed by atoms with Gasteiger partial charge in [-0.25, -0.2) is 16.8 Å². The van der Waals surface area contributed by atoms with Gasteiger partial charge in [0.25, 0.3) is 15.9 Å². The molecule has 3 rings (SSSR count). The Labute approximate surface area is 229 Å². The van der Waals surface area contributed by atoms with Crippen LogP contribution in [0.25, 0.3) is 0 Å². The van der Waals surface area contributed by atoms with Gasteiger partial charge in [-0.3, -0.25) is 9.52 Å². The molecule has 2 N–H and O–H groups in total. The molecule has 0 aliphatic carbocycles. The normalized spacial score (nSPS) is 12.4. The Morgan fingerprint density at radius 2 is 1.56 bits per heavy atom. The second-order valence-electron chi connectivity index (χ2n) is 8.35. The van der Waals surface area contributed by atoms with Crippen molar-refractivity contribution in [2.45, 2.75) is 36.7 Å². The van der Waals surface area contributed by atoms with Crippen LogP contribution < -0.4 is 10.0 Å². The molecule has 0 saturated heterocycles. The van der Waals surface area contributed by atoms with Crippen LogP contribution in [0.5, 0.6) is 0 Å². The van der Waals surface area contributed by atoms with Crippen LogP contribution in [-0.2, 0) is 26.2 Å². The molecule has 3 aromatic rings. The standard InChI is InChI=1S/C25H25ClF3N3O5S2/c1-4-32(5-2)39(36,37)20-10-9-16(3)23(15-20)30-24(33)21-14-19(11-12-22(21)26)38(34,35)31-18-8-6-7-17(13-18)25(27,28)29/h6-15,31H,4-5H2,1-3H3,(H,30,33). The molecule has 3 aromatic carbocycles. The van der Waals surface area contributed by atoms with E-state index in [9.17, 15) is 34.8 Å². The fourth-order valence-electron chi connectivity index (χ4n) is 3.62. The monoisotopic (exact) mass is 603 g/mol. The number of anilines is 2. The third-order valence-corrected chi connectivity index (χ3v) is 9.49. The van der Waals surface area contributed by atoms with Crippen molar-refractivity contribution in [3.63, 3.8) is 0 Å². The van der Waals surface area contributed by atoms with Crippen LogP contribution in [0.15, 0.2) is 70.5 Å². The van der Waals surface area contributed by atoms with E-state index in [-0.39, 0.29) is 39.9 Å². The number of amides is 1. The third kappa shape index (κ3) is 6.90. The average molecular weight is 604 g/mol. The first-order valence-electron chi connectivity index (χ1n) is 11.5. The van der Waals surface area contributed by atoms with Crippen LogP contribution in [0, 0.1) is 6.92 Å². The van der Waals surface area contributed by atoms with Crippen LogP contribution in [0.2, 0.25) is 5.02 Å². The van der Waals surface area contributed by atoms with Gasteiger partial charge in [0.1, 0.15) is 0 Å². The molecule has 0 spiro atoms. The summed E-state index contributed by atoms with van der Waals surface area (Å²) < 4.78 is 94.0. The molecular weight excluding hydrogens is 579 g/mol. The van der Waals surface area contributed by atoms with E-state index in [0.29, 0.717) is 11.6 Å². The number of carbonyl (C=O) groups excluding carboxylic acids is 1. The highest BCUT2D eigenvalue weighted by molar-refractivity contribution is 7.92. The predicted molar refractivity (Wildman–Crippen MR) is 143 cm³/mol. The Bertz CT molecular complexity index is 1610. The zero-order valence-corrected chi connectivity index (χ0v) is 23.4. The quantitative estimate of drug-likeness (QED) is 0.323. The maximum Gasteiger partial charge on any atom is 0.416 e. The van der Waals surface area contributed by atoms with Crippen molar-refractivity contribution in [1.82, 2.24) is 4.31 Å². The predicted octanol–water partition coefficient (Wildman–Crippen LogP) is 5.75. The van der Waals surface area contributed by atoms with E-state index in [1.165, 1.54) is 22.5 Å². The smallest absolute Gasteiger partial charge is 0.322 e. The molecular formula is C25H25ClF3N3O5S2. The van der Waals surface area contributed by atoms with Crippen LogP contribution in [-0.4, -0.2) is 40.1 Å². The number of hydrogen-bond acceptors (Lipinski definition) is 5. The van der Waals surface area contributed by atoms with Crippen LogP contribution >= 0.6 is 11.6 Å². The highest BCUT2D eigenvalue weighted by Crippen LogP contribution is 2.32. The largest absolute Gasteiger partial charge is 0.416 e. The molecule has 0 radical (unpaired) electrons. The highest BCUT2D eigenvalue weighted by atomic mass is 35.5. The van der Waals surface area contributed by atoms with Crippen molar-refractivity contribution in [1.29, 1.82) is 0 Å². The van der Waals surface area contributed by atoms with Crippen molar-refractivity contribution >= 4 is 48.9 Å². The summed E-state index contributed by atoms with van der Waals surface area (Å²) in [6.45, 7) is 5.54. The molecule has 1 amide bonds. The second kappa shape index (κ2) is 11.5. The minimum Gasteiger partial charge on any atom is -0.322 e. The van der Waals surface area contributed by atoms with E-state index >= 15 is 0 Å². The highest BCUT2D eigenvalue weighted by Gasteiger charge is 2.31. The molecule has 14 heteroatoms. The van der Waals surface area contributed by atoms with E-state index < -0.39 is 42.6 Å². The Hall–Kier alpha value is -3.13. The maximum absolute atomic E-state index is 13.1. The van der Waals surface area contributed by atoms with Crippen molar-refractivity contribution in [3.8, 4) is 0 Å². The summed E-state index contributed by atoms with van der Waals surface area (Å²) in [4.78, 5) is 12.6. The summed E-state index contributed by atoms with van der Waals surface area (Å²) in [7, 11) is -8.23. The molecule has 0 aliphatic heterocycles. The van der Waals surface area contributed by atoms with E-state index in [1.807, 2.05) is 0 Å². The van der Waals surface area contributed by atoms with Gasteiger partial charge in [-0.15, -0.1) is 0 Å². The van der Waals surface area contributed by atoms with E-state index in [2.05, 4.69) is 10.0 Å². The number of carbonyl (C=O) groups is 1. The van der Waals surface area contributed by atoms with Crippen LogP contribution in [0.3, 0.4) is 0 Å². The molecule has 0 atom stereocenters. The minimum absolute atomic E-state index is 0.0418. The van der Waals surface area contributed by atoms with Gasteiger partial charge in [0.05, 0.1) is 25.9 Å². The molecule has 0 aromatic heterocycles. The first-order chi connectivity index (χ1) is 18.1. The number of benzene rings is 3. The molecule has 0 unspecified atom stereocenters. The lowest BCUT2D eigenvalue weighted by molar-refractivity contribution is -0.137.